The fraction of sp³-hybridized carbons (Fsp3) is 0.143. The minimum absolute atomic E-state index is 0.586. The molecule has 13 heavy (non-hydrogen) atoms. The van der Waals surface area contributed by atoms with Crippen LogP contribution in [0.15, 0.2) is 18.5 Å². The van der Waals surface area contributed by atoms with Crippen molar-refractivity contribution in [2.24, 2.45) is 7.05 Å². The number of hydrogen-bond acceptors (Lipinski definition) is 4. The van der Waals surface area contributed by atoms with Crippen molar-refractivity contribution in [1.29, 1.82) is 0 Å². The summed E-state index contributed by atoms with van der Waals surface area (Å²) < 4.78 is 0.586. The summed E-state index contributed by atoms with van der Waals surface area (Å²) in [7, 11) is 1.76. The molecule has 66 valence electrons. The van der Waals surface area contributed by atoms with Crippen LogP contribution in [0.1, 0.15) is 0 Å². The van der Waals surface area contributed by atoms with E-state index in [9.17, 15) is 0 Å². The molecule has 0 aliphatic heterocycles. The van der Waals surface area contributed by atoms with Crippen molar-refractivity contribution in [2.75, 3.05) is 0 Å². The van der Waals surface area contributed by atoms with Crippen LogP contribution in [0, 0.1) is 4.64 Å². The van der Waals surface area contributed by atoms with E-state index >= 15 is 0 Å². The van der Waals surface area contributed by atoms with Gasteiger partial charge in [0.2, 0.25) is 0 Å². The number of nitrogens with one attached hydrogen (secondary N) is 1. The van der Waals surface area contributed by atoms with Gasteiger partial charge in [0, 0.05) is 12.6 Å². The van der Waals surface area contributed by atoms with Gasteiger partial charge in [-0.3, -0.25) is 5.10 Å². The van der Waals surface area contributed by atoms with Crippen molar-refractivity contribution in [3.05, 3.63) is 23.1 Å². The molecule has 1 N–H and O–H groups in total. The van der Waals surface area contributed by atoms with Crippen molar-refractivity contribution in [3.63, 3.8) is 0 Å². The van der Waals surface area contributed by atoms with Crippen LogP contribution in [0.5, 0.6) is 0 Å². The van der Waals surface area contributed by atoms with E-state index in [-0.39, 0.29) is 0 Å². The molecule has 5 nitrogen and oxygen atoms in total. The van der Waals surface area contributed by atoms with Gasteiger partial charge in [0.15, 0.2) is 0 Å². The highest BCUT2D eigenvalue weighted by atomic mass is 32.1. The quantitative estimate of drug-likeness (QED) is 0.684. The Kier molecular flexibility index (Phi) is 1.90. The largest absolute Gasteiger partial charge is 0.268 e. The van der Waals surface area contributed by atoms with Crippen molar-refractivity contribution in [3.8, 4) is 11.3 Å². The number of hydrogen-bond donors (Lipinski definition) is 1. The molecule has 0 saturated carbocycles. The molecule has 0 amide bonds. The third-order valence-electron chi connectivity index (χ3n) is 1.56. The Morgan fingerprint density at radius 3 is 2.92 bits per heavy atom. The Hall–Kier alpha value is -1.56. The molecule has 0 saturated heterocycles. The molecule has 2 aromatic rings. The first-order valence-electron chi connectivity index (χ1n) is 3.67. The first-order valence-corrected chi connectivity index (χ1v) is 4.08. The number of aryl methyl sites for hydroxylation is 1. The number of aromatic amines is 1. The zero-order valence-corrected chi connectivity index (χ0v) is 7.75. The number of aromatic nitrogens is 5. The smallest absolute Gasteiger partial charge is 0.120 e. The number of H-pyrrole nitrogens is 1. The lowest BCUT2D eigenvalue weighted by Gasteiger charge is -1.92. The summed E-state index contributed by atoms with van der Waals surface area (Å²) in [6.45, 7) is 0. The SMILES string of the molecule is Cn1ncc(-c2cn[nH]c(=S)c2)n1. The Balaban J connectivity index is 2.52. The van der Waals surface area contributed by atoms with E-state index in [0.717, 1.165) is 11.3 Å². The van der Waals surface area contributed by atoms with Gasteiger partial charge >= 0.3 is 0 Å². The van der Waals surface area contributed by atoms with Gasteiger partial charge in [-0.15, -0.1) is 0 Å². The topological polar surface area (TPSA) is 59.4 Å². The van der Waals surface area contributed by atoms with Crippen LogP contribution in [0.2, 0.25) is 0 Å². The Morgan fingerprint density at radius 2 is 2.31 bits per heavy atom. The minimum atomic E-state index is 0.586. The Morgan fingerprint density at radius 1 is 1.46 bits per heavy atom. The summed E-state index contributed by atoms with van der Waals surface area (Å²) in [5.74, 6) is 0. The molecule has 2 aromatic heterocycles. The summed E-state index contributed by atoms with van der Waals surface area (Å²) in [6.07, 6.45) is 3.34. The van der Waals surface area contributed by atoms with E-state index in [0.29, 0.717) is 4.64 Å². The van der Waals surface area contributed by atoms with E-state index in [1.807, 2.05) is 0 Å². The third kappa shape index (κ3) is 1.62. The average molecular weight is 193 g/mol. The highest BCUT2D eigenvalue weighted by molar-refractivity contribution is 7.71. The van der Waals surface area contributed by atoms with E-state index < -0.39 is 0 Å². The summed E-state index contributed by atoms with van der Waals surface area (Å²) in [4.78, 5) is 1.50. The molecule has 2 heterocycles. The molecule has 0 aliphatic rings. The van der Waals surface area contributed by atoms with Crippen LogP contribution < -0.4 is 0 Å². The molecule has 0 aromatic carbocycles. The van der Waals surface area contributed by atoms with Crippen molar-refractivity contribution >= 4 is 12.2 Å². The summed E-state index contributed by atoms with van der Waals surface area (Å²) in [5, 5.41) is 14.6. The van der Waals surface area contributed by atoms with Crippen LogP contribution in [0.25, 0.3) is 11.3 Å². The second-order valence-electron chi connectivity index (χ2n) is 2.55. The molecule has 6 heteroatoms. The van der Waals surface area contributed by atoms with Gasteiger partial charge in [-0.1, -0.05) is 12.2 Å². The lowest BCUT2D eigenvalue weighted by molar-refractivity contribution is 0.655. The average Bonchev–Trinajstić information content (AvgIpc) is 2.52. The molecule has 2 rings (SSSR count). The van der Waals surface area contributed by atoms with Crippen molar-refractivity contribution in [2.45, 2.75) is 0 Å². The van der Waals surface area contributed by atoms with Gasteiger partial charge in [-0.2, -0.15) is 20.1 Å². The molecule has 0 fully saturated rings. The fourth-order valence-electron chi connectivity index (χ4n) is 0.994. The predicted octanol–water partition coefficient (Wildman–Crippen LogP) is 0.935. The first-order chi connectivity index (χ1) is 6.25. The highest BCUT2D eigenvalue weighted by Gasteiger charge is 2.01. The lowest BCUT2D eigenvalue weighted by atomic mass is 10.2. The molecule has 0 unspecified atom stereocenters. The molecule has 0 bridgehead atoms. The van der Waals surface area contributed by atoms with Crippen LogP contribution in [0.4, 0.5) is 0 Å². The molecule has 0 spiro atoms. The zero-order valence-electron chi connectivity index (χ0n) is 6.93. The van der Waals surface area contributed by atoms with Crippen LogP contribution in [-0.4, -0.2) is 25.2 Å². The lowest BCUT2D eigenvalue weighted by Crippen LogP contribution is -1.92. The monoisotopic (exact) mass is 193 g/mol. The molecular weight excluding hydrogens is 186 g/mol. The molecule has 0 radical (unpaired) electrons. The van der Waals surface area contributed by atoms with E-state index in [2.05, 4.69) is 20.4 Å². The minimum Gasteiger partial charge on any atom is -0.268 e. The fourth-order valence-corrected chi connectivity index (χ4v) is 1.17. The highest BCUT2D eigenvalue weighted by Crippen LogP contribution is 2.12. The van der Waals surface area contributed by atoms with Crippen LogP contribution in [0.3, 0.4) is 0 Å². The second kappa shape index (κ2) is 3.06. The van der Waals surface area contributed by atoms with Gasteiger partial charge in [0.25, 0.3) is 0 Å². The molecular formula is C7H7N5S. The van der Waals surface area contributed by atoms with Crippen LogP contribution >= 0.6 is 12.2 Å². The predicted molar refractivity (Wildman–Crippen MR) is 49.4 cm³/mol. The Bertz CT molecular complexity index is 471. The maximum Gasteiger partial charge on any atom is 0.120 e. The van der Waals surface area contributed by atoms with Gasteiger partial charge in [0.1, 0.15) is 10.3 Å². The maximum atomic E-state index is 4.93. The molecule has 0 atom stereocenters. The van der Waals surface area contributed by atoms with Gasteiger partial charge in [-0.05, 0) is 6.07 Å². The van der Waals surface area contributed by atoms with Crippen molar-refractivity contribution < 1.29 is 0 Å². The normalized spacial score (nSPS) is 10.2. The summed E-state index contributed by atoms with van der Waals surface area (Å²) in [6, 6.07) is 1.80. The van der Waals surface area contributed by atoms with Gasteiger partial charge < -0.3 is 0 Å². The van der Waals surface area contributed by atoms with Crippen LogP contribution in [-0.2, 0) is 7.05 Å². The second-order valence-corrected chi connectivity index (χ2v) is 2.99. The third-order valence-corrected chi connectivity index (χ3v) is 1.77. The molecule has 0 aliphatic carbocycles. The standard InChI is InChI=1S/C7H7N5S/c1-12-9-4-6(11-12)5-2-7(13)10-8-3-5/h2-4H,1H3,(H,10,13). The van der Waals surface area contributed by atoms with E-state index in [1.165, 1.54) is 4.80 Å². The van der Waals surface area contributed by atoms with Gasteiger partial charge in [0.05, 0.1) is 12.4 Å². The van der Waals surface area contributed by atoms with E-state index in [4.69, 9.17) is 12.2 Å². The summed E-state index contributed by atoms with van der Waals surface area (Å²) in [5.41, 5.74) is 1.65. The number of nitrogens with zero attached hydrogens (tertiary/aromatic N) is 4. The summed E-state index contributed by atoms with van der Waals surface area (Å²) >= 11 is 4.93. The zero-order chi connectivity index (χ0) is 9.26. The Labute approximate surface area is 79.4 Å². The van der Waals surface area contributed by atoms with Gasteiger partial charge in [-0.25, -0.2) is 0 Å². The van der Waals surface area contributed by atoms with Crippen molar-refractivity contribution in [1.82, 2.24) is 25.2 Å². The first kappa shape index (κ1) is 8.06. The van der Waals surface area contributed by atoms with E-state index in [1.54, 1.807) is 25.5 Å². The number of rotatable bonds is 1. The maximum absolute atomic E-state index is 4.93.